The normalized spacial score (nSPS) is 11.3. The number of nitrogens with zero attached hydrogens (tertiary/aromatic N) is 3. The lowest BCUT2D eigenvalue weighted by Gasteiger charge is -2.07. The third-order valence-electron chi connectivity index (χ3n) is 6.74. The van der Waals surface area contributed by atoms with Crippen LogP contribution in [0.5, 0.6) is 0 Å². The minimum atomic E-state index is -0.285. The van der Waals surface area contributed by atoms with Crippen LogP contribution in [0.3, 0.4) is 0 Å². The molecule has 6 rings (SSSR count). The van der Waals surface area contributed by atoms with E-state index in [-0.39, 0.29) is 5.91 Å². The number of hydrogen-bond donors (Lipinski definition) is 2. The molecule has 0 saturated carbocycles. The van der Waals surface area contributed by atoms with Crippen molar-refractivity contribution in [1.82, 2.24) is 15.0 Å². The second kappa shape index (κ2) is 11.8. The van der Waals surface area contributed by atoms with Crippen molar-refractivity contribution >= 4 is 56.8 Å². The number of fused-ring (bicyclic) bond motifs is 1. The summed E-state index contributed by atoms with van der Waals surface area (Å²) in [6, 6.07) is 31.5. The molecule has 6 aromatic rings. The molecule has 6 nitrogen and oxygen atoms in total. The van der Waals surface area contributed by atoms with Gasteiger partial charge in [-0.15, -0.1) is 11.3 Å². The molecule has 0 aliphatic rings. The number of halogens is 1. The molecular weight excluding hydrogens is 550 g/mol. The van der Waals surface area contributed by atoms with Crippen molar-refractivity contribution in [1.29, 1.82) is 0 Å². The third-order valence-corrected chi connectivity index (χ3v) is 7.86. The van der Waals surface area contributed by atoms with Crippen LogP contribution in [0.4, 0.5) is 10.8 Å². The van der Waals surface area contributed by atoms with E-state index in [1.165, 1.54) is 16.9 Å². The van der Waals surface area contributed by atoms with E-state index in [1.807, 2.05) is 78.3 Å². The predicted molar refractivity (Wildman–Crippen MR) is 170 cm³/mol. The topological polar surface area (TPSA) is 71.3 Å². The number of carbonyl (C=O) groups is 1. The van der Waals surface area contributed by atoms with Crippen molar-refractivity contribution in [3.63, 3.8) is 0 Å². The van der Waals surface area contributed by atoms with Gasteiger partial charge in [0.2, 0.25) is 0 Å². The van der Waals surface area contributed by atoms with Crippen molar-refractivity contribution in [3.8, 4) is 11.3 Å². The molecule has 0 saturated heterocycles. The number of thiazole rings is 1. The van der Waals surface area contributed by atoms with Gasteiger partial charge in [0.1, 0.15) is 0 Å². The first kappa shape index (κ1) is 26.5. The number of hydrogen-bond acceptors (Lipinski definition) is 5. The Bertz CT molecular complexity index is 1860. The van der Waals surface area contributed by atoms with Gasteiger partial charge in [-0.25, -0.2) is 10.4 Å². The summed E-state index contributed by atoms with van der Waals surface area (Å²) in [6.45, 7) is 2.70. The molecule has 8 heteroatoms. The maximum atomic E-state index is 12.8. The Labute approximate surface area is 247 Å². The predicted octanol–water partition coefficient (Wildman–Crippen LogP) is 8.28. The van der Waals surface area contributed by atoms with Crippen LogP contribution < -0.4 is 10.7 Å². The molecule has 0 aliphatic carbocycles. The molecule has 0 atom stereocenters. The number of para-hydroxylation sites is 1. The van der Waals surface area contributed by atoms with Gasteiger partial charge in [0.05, 0.1) is 11.9 Å². The molecule has 0 fully saturated rings. The van der Waals surface area contributed by atoms with Crippen molar-refractivity contribution in [2.45, 2.75) is 13.5 Å². The summed E-state index contributed by atoms with van der Waals surface area (Å²) < 4.78 is 2.14. The van der Waals surface area contributed by atoms with Crippen LogP contribution in [0.2, 0.25) is 5.02 Å². The molecule has 0 unspecified atom stereocenters. The van der Waals surface area contributed by atoms with Gasteiger partial charge in [0, 0.05) is 56.4 Å². The van der Waals surface area contributed by atoms with Crippen molar-refractivity contribution in [2.75, 3.05) is 5.32 Å². The standard InChI is InChI=1S/C33H26ClN5OS/c1-22-10-16-27(17-11-22)36-33-37-30(21-41-33)23-12-14-24(15-13-23)32(40)38-35-18-26-20-39(31-9-5-3-7-28(26)31)19-25-6-2-4-8-29(25)34/h2-18,20-21H,19H2,1H3,(H,36,37)(H,38,40)/b35-18-. The average Bonchev–Trinajstić information content (AvgIpc) is 3.60. The molecule has 0 aliphatic heterocycles. The van der Waals surface area contributed by atoms with Crippen LogP contribution in [-0.4, -0.2) is 21.7 Å². The summed E-state index contributed by atoms with van der Waals surface area (Å²) in [6.07, 6.45) is 3.70. The van der Waals surface area contributed by atoms with Crippen LogP contribution in [0, 0.1) is 6.92 Å². The lowest BCUT2D eigenvalue weighted by molar-refractivity contribution is 0.0955. The number of hydrazone groups is 1. The van der Waals surface area contributed by atoms with Gasteiger partial charge in [-0.3, -0.25) is 4.79 Å². The number of carbonyl (C=O) groups excluding carboxylic acids is 1. The van der Waals surface area contributed by atoms with Gasteiger partial charge < -0.3 is 9.88 Å². The van der Waals surface area contributed by atoms with Crippen molar-refractivity contribution in [2.24, 2.45) is 5.10 Å². The maximum Gasteiger partial charge on any atom is 0.271 e. The van der Waals surface area contributed by atoms with Crippen LogP contribution in [-0.2, 0) is 6.54 Å². The van der Waals surface area contributed by atoms with Crippen LogP contribution in [0.25, 0.3) is 22.2 Å². The zero-order valence-electron chi connectivity index (χ0n) is 22.2. The van der Waals surface area contributed by atoms with Crippen LogP contribution >= 0.6 is 22.9 Å². The molecular formula is C33H26ClN5OS. The Kier molecular flexibility index (Phi) is 7.63. The Hall–Kier alpha value is -4.72. The fourth-order valence-corrected chi connectivity index (χ4v) is 5.50. The molecule has 0 radical (unpaired) electrons. The zero-order valence-corrected chi connectivity index (χ0v) is 23.8. The number of anilines is 2. The Balaban J connectivity index is 1.12. The molecule has 0 bridgehead atoms. The van der Waals surface area contributed by atoms with E-state index in [0.717, 1.165) is 49.1 Å². The molecule has 0 spiro atoms. The number of rotatable bonds is 8. The number of nitrogens with one attached hydrogen (secondary N) is 2. The molecule has 2 N–H and O–H groups in total. The highest BCUT2D eigenvalue weighted by molar-refractivity contribution is 7.14. The minimum Gasteiger partial charge on any atom is -0.342 e. The molecule has 2 heterocycles. The molecule has 202 valence electrons. The Morgan fingerprint density at radius 1 is 0.976 bits per heavy atom. The zero-order chi connectivity index (χ0) is 28.2. The molecule has 41 heavy (non-hydrogen) atoms. The largest absolute Gasteiger partial charge is 0.342 e. The van der Waals surface area contributed by atoms with E-state index in [4.69, 9.17) is 11.6 Å². The average molecular weight is 576 g/mol. The third kappa shape index (κ3) is 6.06. The molecule has 4 aromatic carbocycles. The number of amides is 1. The van der Waals surface area contributed by atoms with Gasteiger partial charge in [0.15, 0.2) is 5.13 Å². The quantitative estimate of drug-likeness (QED) is 0.142. The van der Waals surface area contributed by atoms with Gasteiger partial charge in [-0.2, -0.15) is 5.10 Å². The van der Waals surface area contributed by atoms with Crippen LogP contribution in [0.1, 0.15) is 27.0 Å². The second-order valence-electron chi connectivity index (χ2n) is 9.63. The van der Waals surface area contributed by atoms with Gasteiger partial charge in [0.25, 0.3) is 5.91 Å². The fourth-order valence-electron chi connectivity index (χ4n) is 4.56. The highest BCUT2D eigenvalue weighted by Gasteiger charge is 2.10. The van der Waals surface area contributed by atoms with Crippen LogP contribution in [0.15, 0.2) is 114 Å². The van der Waals surface area contributed by atoms with Crippen molar-refractivity contribution in [3.05, 3.63) is 136 Å². The summed E-state index contributed by atoms with van der Waals surface area (Å²) in [7, 11) is 0. The first-order chi connectivity index (χ1) is 20.0. The summed E-state index contributed by atoms with van der Waals surface area (Å²) in [5, 5.41) is 12.2. The van der Waals surface area contributed by atoms with E-state index >= 15 is 0 Å². The van der Waals surface area contributed by atoms with E-state index in [1.54, 1.807) is 18.3 Å². The lowest BCUT2D eigenvalue weighted by atomic mass is 10.1. The Morgan fingerprint density at radius 3 is 2.54 bits per heavy atom. The monoisotopic (exact) mass is 575 g/mol. The number of benzene rings is 4. The first-order valence-corrected chi connectivity index (χ1v) is 14.3. The first-order valence-electron chi connectivity index (χ1n) is 13.1. The lowest BCUT2D eigenvalue weighted by Crippen LogP contribution is -2.17. The van der Waals surface area contributed by atoms with Gasteiger partial charge in [-0.1, -0.05) is 77.8 Å². The summed E-state index contributed by atoms with van der Waals surface area (Å²) in [4.78, 5) is 17.5. The van der Waals surface area contributed by atoms with E-state index in [2.05, 4.69) is 50.5 Å². The highest BCUT2D eigenvalue weighted by Crippen LogP contribution is 2.28. The van der Waals surface area contributed by atoms with Gasteiger partial charge >= 0.3 is 0 Å². The second-order valence-corrected chi connectivity index (χ2v) is 10.9. The maximum absolute atomic E-state index is 12.8. The van der Waals surface area contributed by atoms with Crippen molar-refractivity contribution < 1.29 is 4.79 Å². The fraction of sp³-hybridized carbons (Fsp3) is 0.0606. The van der Waals surface area contributed by atoms with Gasteiger partial charge in [-0.05, 0) is 48.9 Å². The van der Waals surface area contributed by atoms with E-state index in [0.29, 0.717) is 12.1 Å². The Morgan fingerprint density at radius 2 is 1.73 bits per heavy atom. The minimum absolute atomic E-state index is 0.285. The van der Waals surface area contributed by atoms with E-state index < -0.39 is 0 Å². The molecule has 2 aromatic heterocycles. The SMILES string of the molecule is Cc1ccc(Nc2nc(-c3ccc(C(=O)N/N=C\c4cn(Cc5ccccc5Cl)c5ccccc45)cc3)cs2)cc1. The summed E-state index contributed by atoms with van der Waals surface area (Å²) >= 11 is 7.93. The number of aromatic nitrogens is 2. The number of aryl methyl sites for hydroxylation is 1. The molecule has 1 amide bonds. The van der Waals surface area contributed by atoms with E-state index in [9.17, 15) is 4.79 Å². The highest BCUT2D eigenvalue weighted by atomic mass is 35.5. The summed E-state index contributed by atoms with van der Waals surface area (Å²) in [5.74, 6) is -0.285. The summed E-state index contributed by atoms with van der Waals surface area (Å²) in [5.41, 5.74) is 10.2. The smallest absolute Gasteiger partial charge is 0.271 e.